The summed E-state index contributed by atoms with van der Waals surface area (Å²) in [5.41, 5.74) is 1.33. The highest BCUT2D eigenvalue weighted by Gasteiger charge is 2.55. The van der Waals surface area contributed by atoms with E-state index < -0.39 is 11.6 Å². The average molecular weight is 331 g/mol. The molecule has 0 radical (unpaired) electrons. The van der Waals surface area contributed by atoms with Crippen LogP contribution in [0.2, 0.25) is 0 Å². The van der Waals surface area contributed by atoms with Crippen molar-refractivity contribution in [3.8, 4) is 0 Å². The monoisotopic (exact) mass is 331 g/mol. The number of nitrogens with one attached hydrogen (secondary N) is 2. The van der Waals surface area contributed by atoms with E-state index in [2.05, 4.69) is 10.3 Å². The zero-order valence-corrected chi connectivity index (χ0v) is 14.1. The number of amides is 3. The molecule has 3 rings (SSSR count). The van der Waals surface area contributed by atoms with Crippen LogP contribution in [-0.2, 0) is 11.2 Å². The topological polar surface area (TPSA) is 99.3 Å². The molecule has 24 heavy (non-hydrogen) atoms. The van der Waals surface area contributed by atoms with Gasteiger partial charge in [-0.25, -0.2) is 4.79 Å². The fourth-order valence-electron chi connectivity index (χ4n) is 3.66. The molecule has 2 heterocycles. The number of aromatic amines is 1. The number of hydrogen-bond donors (Lipinski definition) is 2. The van der Waals surface area contributed by atoms with Gasteiger partial charge in [-0.1, -0.05) is 6.92 Å². The van der Waals surface area contributed by atoms with Crippen LogP contribution in [0.25, 0.3) is 0 Å². The number of nitrogens with zero attached hydrogens (tertiary/aromatic N) is 1. The number of rotatable bonds is 5. The van der Waals surface area contributed by atoms with Crippen LogP contribution in [0.5, 0.6) is 0 Å². The van der Waals surface area contributed by atoms with Gasteiger partial charge in [0.25, 0.3) is 5.91 Å². The summed E-state index contributed by atoms with van der Waals surface area (Å²) in [6.45, 7) is 4.75. The van der Waals surface area contributed by atoms with Crippen LogP contribution in [-0.4, -0.2) is 45.5 Å². The number of urea groups is 1. The summed E-state index contributed by atoms with van der Waals surface area (Å²) in [5, 5.41) is 2.71. The number of ketones is 2. The van der Waals surface area contributed by atoms with E-state index in [0.717, 1.165) is 11.3 Å². The zero-order valence-electron chi connectivity index (χ0n) is 14.1. The molecule has 3 amide bonds. The molecule has 7 heteroatoms. The smallest absolute Gasteiger partial charge is 0.325 e. The summed E-state index contributed by atoms with van der Waals surface area (Å²) in [5.74, 6) is -0.786. The fourth-order valence-corrected chi connectivity index (χ4v) is 3.66. The number of Topliss-reactive ketones (excluding diaryl/α,β-unsaturated/α-hetero) is 2. The Morgan fingerprint density at radius 1 is 1.25 bits per heavy atom. The third-order valence-electron chi connectivity index (χ3n) is 5.03. The first kappa shape index (κ1) is 16.4. The highest BCUT2D eigenvalue weighted by atomic mass is 16.2. The molecule has 1 aliphatic carbocycles. The highest BCUT2D eigenvalue weighted by Crippen LogP contribution is 2.37. The number of H-pyrrole nitrogens is 1. The van der Waals surface area contributed by atoms with E-state index in [1.54, 1.807) is 6.92 Å². The maximum Gasteiger partial charge on any atom is 0.325 e. The number of aryl methyl sites for hydroxylation is 1. The van der Waals surface area contributed by atoms with E-state index in [1.165, 1.54) is 6.92 Å². The minimum Gasteiger partial charge on any atom is -0.355 e. The number of hydrogen-bond acceptors (Lipinski definition) is 4. The summed E-state index contributed by atoms with van der Waals surface area (Å²) in [4.78, 5) is 52.9. The Labute approximate surface area is 139 Å². The van der Waals surface area contributed by atoms with Gasteiger partial charge in [0, 0.05) is 11.3 Å². The molecule has 0 atom stereocenters. The SMILES string of the molecule is CCc1c(C(=O)CN2C(=O)NC3(CCC3)C2=O)[nH]c(C)c1C(C)=O. The fraction of sp³-hybridized carbons (Fsp3) is 0.529. The average Bonchev–Trinajstić information content (AvgIpc) is 2.95. The van der Waals surface area contributed by atoms with Crippen molar-refractivity contribution in [1.82, 2.24) is 15.2 Å². The summed E-state index contributed by atoms with van der Waals surface area (Å²) in [6.07, 6.45) is 2.66. The Balaban J connectivity index is 1.86. The van der Waals surface area contributed by atoms with Crippen molar-refractivity contribution in [3.05, 3.63) is 22.5 Å². The van der Waals surface area contributed by atoms with Crippen molar-refractivity contribution >= 4 is 23.5 Å². The number of imide groups is 1. The van der Waals surface area contributed by atoms with Crippen molar-refractivity contribution in [2.45, 2.75) is 52.0 Å². The van der Waals surface area contributed by atoms with Gasteiger partial charge < -0.3 is 10.3 Å². The van der Waals surface area contributed by atoms with Crippen molar-refractivity contribution in [2.75, 3.05) is 6.54 Å². The normalized spacial score (nSPS) is 18.7. The van der Waals surface area contributed by atoms with E-state index in [-0.39, 0.29) is 24.0 Å². The molecule has 2 N–H and O–H groups in total. The summed E-state index contributed by atoms with van der Waals surface area (Å²) >= 11 is 0. The van der Waals surface area contributed by atoms with E-state index >= 15 is 0 Å². The largest absolute Gasteiger partial charge is 0.355 e. The predicted octanol–water partition coefficient (Wildman–Crippen LogP) is 1.75. The van der Waals surface area contributed by atoms with Crippen LogP contribution >= 0.6 is 0 Å². The molecule has 0 bridgehead atoms. The molecule has 1 spiro atoms. The lowest BCUT2D eigenvalue weighted by Crippen LogP contribution is -2.52. The van der Waals surface area contributed by atoms with Gasteiger partial charge in [0.15, 0.2) is 11.6 Å². The molecule has 1 aromatic heterocycles. The minimum absolute atomic E-state index is 0.108. The van der Waals surface area contributed by atoms with Crippen LogP contribution < -0.4 is 5.32 Å². The van der Waals surface area contributed by atoms with Crippen molar-refractivity contribution in [2.24, 2.45) is 0 Å². The van der Waals surface area contributed by atoms with Gasteiger partial charge in [-0.05, 0) is 45.1 Å². The quantitative estimate of drug-likeness (QED) is 0.634. The Morgan fingerprint density at radius 2 is 1.92 bits per heavy atom. The Hall–Kier alpha value is -2.44. The molecule has 1 aromatic rings. The molecule has 7 nitrogen and oxygen atoms in total. The van der Waals surface area contributed by atoms with Crippen molar-refractivity contribution in [1.29, 1.82) is 0 Å². The molecule has 1 saturated heterocycles. The van der Waals surface area contributed by atoms with Gasteiger partial charge in [-0.15, -0.1) is 0 Å². The Morgan fingerprint density at radius 3 is 2.38 bits per heavy atom. The molecular formula is C17H21N3O4. The first-order valence-corrected chi connectivity index (χ1v) is 8.20. The molecule has 1 aliphatic heterocycles. The number of carbonyl (C=O) groups is 4. The van der Waals surface area contributed by atoms with Crippen LogP contribution in [0.4, 0.5) is 4.79 Å². The standard InChI is InChI=1S/C17H21N3O4/c1-4-11-13(10(3)21)9(2)18-14(11)12(22)8-20-15(23)17(6-5-7-17)19-16(20)24/h18H,4-8H2,1-3H3,(H,19,24). The second kappa shape index (κ2) is 5.58. The lowest BCUT2D eigenvalue weighted by molar-refractivity contribution is -0.133. The van der Waals surface area contributed by atoms with Gasteiger partial charge in [-0.2, -0.15) is 0 Å². The molecule has 2 fully saturated rings. The van der Waals surface area contributed by atoms with Gasteiger partial charge in [0.2, 0.25) is 0 Å². The van der Waals surface area contributed by atoms with E-state index in [4.69, 9.17) is 0 Å². The van der Waals surface area contributed by atoms with Gasteiger partial charge in [0.05, 0.1) is 12.2 Å². The third kappa shape index (κ3) is 2.26. The molecule has 2 aliphatic rings. The maximum absolute atomic E-state index is 12.7. The van der Waals surface area contributed by atoms with Gasteiger partial charge >= 0.3 is 6.03 Å². The highest BCUT2D eigenvalue weighted by molar-refractivity contribution is 6.12. The van der Waals surface area contributed by atoms with Crippen LogP contribution in [0.3, 0.4) is 0 Å². The molecule has 128 valence electrons. The predicted molar refractivity (Wildman–Crippen MR) is 86.1 cm³/mol. The number of aromatic nitrogens is 1. The first-order chi connectivity index (χ1) is 11.3. The van der Waals surface area contributed by atoms with Crippen molar-refractivity contribution in [3.63, 3.8) is 0 Å². The summed E-state index contributed by atoms with van der Waals surface area (Å²) < 4.78 is 0. The van der Waals surface area contributed by atoms with E-state index in [9.17, 15) is 19.2 Å². The van der Waals surface area contributed by atoms with E-state index in [0.29, 0.717) is 41.8 Å². The first-order valence-electron chi connectivity index (χ1n) is 8.20. The van der Waals surface area contributed by atoms with Crippen LogP contribution in [0, 0.1) is 6.92 Å². The van der Waals surface area contributed by atoms with E-state index in [1.807, 2.05) is 6.92 Å². The Kier molecular flexibility index (Phi) is 3.81. The van der Waals surface area contributed by atoms with Crippen molar-refractivity contribution < 1.29 is 19.2 Å². The number of carbonyl (C=O) groups excluding carboxylic acids is 4. The van der Waals surface area contributed by atoms with Gasteiger partial charge in [0.1, 0.15) is 5.54 Å². The van der Waals surface area contributed by atoms with Gasteiger partial charge in [-0.3, -0.25) is 19.3 Å². The lowest BCUT2D eigenvalue weighted by Gasteiger charge is -2.34. The maximum atomic E-state index is 12.7. The van der Waals surface area contributed by atoms with Crippen LogP contribution in [0.15, 0.2) is 0 Å². The molecule has 0 aromatic carbocycles. The molecule has 0 unspecified atom stereocenters. The molecular weight excluding hydrogens is 310 g/mol. The summed E-state index contributed by atoms with van der Waals surface area (Å²) in [7, 11) is 0. The third-order valence-corrected chi connectivity index (χ3v) is 5.03. The zero-order chi connectivity index (χ0) is 17.6. The summed E-state index contributed by atoms with van der Waals surface area (Å²) in [6, 6.07) is -0.513. The lowest BCUT2D eigenvalue weighted by atomic mass is 9.77. The second-order valence-electron chi connectivity index (χ2n) is 6.57. The Bertz CT molecular complexity index is 758. The van der Waals surface area contributed by atoms with Crippen LogP contribution in [0.1, 0.15) is 65.2 Å². The minimum atomic E-state index is -0.791. The second-order valence-corrected chi connectivity index (χ2v) is 6.57. The molecule has 1 saturated carbocycles.